The molecule has 194 valence electrons. The third-order valence-corrected chi connectivity index (χ3v) is 9.03. The molecule has 1 aromatic heterocycles. The van der Waals surface area contributed by atoms with Crippen molar-refractivity contribution in [2.24, 2.45) is 0 Å². The molecule has 0 saturated carbocycles. The molecule has 4 aromatic rings. The second-order valence-electron chi connectivity index (χ2n) is 10.6. The number of benzene rings is 3. The van der Waals surface area contributed by atoms with Crippen molar-refractivity contribution in [3.8, 4) is 11.1 Å². The van der Waals surface area contributed by atoms with E-state index >= 15 is 0 Å². The highest BCUT2D eigenvalue weighted by atomic mass is 32.1. The van der Waals surface area contributed by atoms with Crippen LogP contribution in [0, 0.1) is 0 Å². The molecule has 1 fully saturated rings. The zero-order chi connectivity index (χ0) is 25.8. The third kappa shape index (κ3) is 5.24. The Hall–Kier alpha value is -3.47. The second-order valence-corrected chi connectivity index (χ2v) is 11.4. The summed E-state index contributed by atoms with van der Waals surface area (Å²) in [6.45, 7) is 3.63. The number of allylic oxidation sites excluding steroid dienone is 1. The molecule has 1 aliphatic heterocycles. The van der Waals surface area contributed by atoms with E-state index in [1.165, 1.54) is 22.3 Å². The predicted octanol–water partition coefficient (Wildman–Crippen LogP) is 7.51. The summed E-state index contributed by atoms with van der Waals surface area (Å²) in [5, 5.41) is 7.45. The van der Waals surface area contributed by atoms with Crippen molar-refractivity contribution in [2.75, 3.05) is 19.6 Å². The van der Waals surface area contributed by atoms with Crippen LogP contribution in [0.1, 0.15) is 48.9 Å². The smallest absolute Gasteiger partial charge is 0.227 e. The van der Waals surface area contributed by atoms with Crippen LogP contribution in [-0.2, 0) is 16.8 Å². The van der Waals surface area contributed by atoms with Crippen LogP contribution in [0.4, 0.5) is 0 Å². The molecule has 1 atom stereocenters. The van der Waals surface area contributed by atoms with Gasteiger partial charge in [0.2, 0.25) is 5.91 Å². The minimum absolute atomic E-state index is 0. The van der Waals surface area contributed by atoms with Crippen molar-refractivity contribution < 1.29 is 6.22 Å². The molecule has 1 amide bonds. The number of nitrogens with one attached hydrogen (secondary N) is 1. The summed E-state index contributed by atoms with van der Waals surface area (Å²) in [6.07, 6.45) is 7.87. The Morgan fingerprint density at radius 2 is 1.74 bits per heavy atom. The molecule has 4 heteroatoms. The quantitative estimate of drug-likeness (QED) is 0.261. The minimum Gasteiger partial charge on any atom is -0.351 e. The number of rotatable bonds is 8. The van der Waals surface area contributed by atoms with E-state index in [1.807, 2.05) is 6.07 Å². The van der Waals surface area contributed by atoms with Gasteiger partial charge in [-0.1, -0.05) is 84.9 Å². The summed E-state index contributed by atoms with van der Waals surface area (Å²) in [7, 11) is 0. The van der Waals surface area contributed by atoms with E-state index in [2.05, 4.69) is 112 Å². The van der Waals surface area contributed by atoms with Crippen molar-refractivity contribution in [3.63, 3.8) is 0 Å². The molecule has 0 unspecified atom stereocenters. The second kappa shape index (κ2) is 11.1. The van der Waals surface area contributed by atoms with Crippen LogP contribution < -0.4 is 5.32 Å². The number of hydrogen-bond donors (Lipinski definition) is 1. The Morgan fingerprint density at radius 1 is 0.947 bits per heavy atom. The van der Waals surface area contributed by atoms with Gasteiger partial charge in [-0.2, -0.15) is 11.3 Å². The van der Waals surface area contributed by atoms with Crippen LogP contribution >= 0.6 is 11.3 Å². The monoisotopic (exact) mass is 520 g/mol. The molecular formula is C34H36N2OS. The molecule has 1 spiro atoms. The Labute approximate surface area is 231 Å². The van der Waals surface area contributed by atoms with Crippen molar-refractivity contribution in [2.45, 2.75) is 37.1 Å². The lowest BCUT2D eigenvalue weighted by Gasteiger charge is -2.39. The fourth-order valence-corrected chi connectivity index (χ4v) is 6.80. The lowest BCUT2D eigenvalue weighted by molar-refractivity contribution is -0.123. The van der Waals surface area contributed by atoms with E-state index in [1.54, 1.807) is 11.3 Å². The Bertz CT molecular complexity index is 1410. The molecule has 0 radical (unpaired) electrons. The lowest BCUT2D eigenvalue weighted by Crippen LogP contribution is -2.42. The number of hydrogen-bond acceptors (Lipinski definition) is 3. The molecule has 38 heavy (non-hydrogen) atoms. The van der Waals surface area contributed by atoms with Gasteiger partial charge in [-0.25, -0.2) is 0 Å². The number of carbonyl (C=O) groups excluding carboxylic acids is 1. The molecule has 3 nitrogen and oxygen atoms in total. The standard InChI is InChI=1S/C34H34N2OS.H2/c37-33(35-24-26-7-6-11-29(23-26)27-8-2-1-3-9-27)31(30-15-22-38-25-30)14-19-36-20-17-34(18-21-36)16-13-28-10-4-5-12-32(28)34;/h1-13,15-16,22-23,25,31H,14,17-21,24H2,(H,35,37);1H/t31-;/m0./s1. The molecule has 1 aliphatic carbocycles. The van der Waals surface area contributed by atoms with Crippen LogP contribution in [0.15, 0.2) is 102 Å². The molecule has 1 N–H and O–H groups in total. The van der Waals surface area contributed by atoms with Crippen LogP contribution in [0.2, 0.25) is 0 Å². The summed E-state index contributed by atoms with van der Waals surface area (Å²) in [4.78, 5) is 16.0. The van der Waals surface area contributed by atoms with E-state index in [9.17, 15) is 4.79 Å². The van der Waals surface area contributed by atoms with E-state index in [-0.39, 0.29) is 18.7 Å². The van der Waals surface area contributed by atoms with E-state index in [4.69, 9.17) is 0 Å². The SMILES string of the molecule is O=C(NCc1cccc(-c2ccccc2)c1)[C@@H](CCN1CCC2(C=Cc3ccccc32)CC1)c1ccsc1.[HH]. The number of amides is 1. The number of likely N-dealkylation sites (tertiary alicyclic amines) is 1. The molecule has 0 bridgehead atoms. The zero-order valence-corrected chi connectivity index (χ0v) is 22.5. The van der Waals surface area contributed by atoms with Gasteiger partial charge in [-0.3, -0.25) is 4.79 Å². The van der Waals surface area contributed by atoms with Crippen molar-refractivity contribution >= 4 is 23.3 Å². The van der Waals surface area contributed by atoms with Gasteiger partial charge in [0.05, 0.1) is 5.92 Å². The molecule has 2 heterocycles. The lowest BCUT2D eigenvalue weighted by atomic mass is 9.74. The summed E-state index contributed by atoms with van der Waals surface area (Å²) in [5.41, 5.74) is 7.69. The Morgan fingerprint density at radius 3 is 2.55 bits per heavy atom. The van der Waals surface area contributed by atoms with Gasteiger partial charge in [-0.05, 0) is 95.2 Å². The number of carbonyl (C=O) groups is 1. The predicted molar refractivity (Wildman–Crippen MR) is 160 cm³/mol. The van der Waals surface area contributed by atoms with Gasteiger partial charge >= 0.3 is 0 Å². The van der Waals surface area contributed by atoms with Crippen molar-refractivity contribution in [1.82, 2.24) is 10.2 Å². The maximum Gasteiger partial charge on any atom is 0.227 e. The molecule has 1 saturated heterocycles. The van der Waals surface area contributed by atoms with Gasteiger partial charge < -0.3 is 10.2 Å². The first-order valence-electron chi connectivity index (χ1n) is 13.7. The average molecular weight is 521 g/mol. The first-order valence-corrected chi connectivity index (χ1v) is 14.6. The zero-order valence-electron chi connectivity index (χ0n) is 21.7. The first kappa shape index (κ1) is 24.8. The van der Waals surface area contributed by atoms with Gasteiger partial charge in [0.15, 0.2) is 0 Å². The number of nitrogens with zero attached hydrogens (tertiary/aromatic N) is 1. The minimum atomic E-state index is -0.124. The van der Waals surface area contributed by atoms with Crippen LogP contribution in [0.5, 0.6) is 0 Å². The average Bonchev–Trinajstić information content (AvgIpc) is 3.63. The highest BCUT2D eigenvalue weighted by Gasteiger charge is 2.37. The fraction of sp³-hybridized carbons (Fsp3) is 0.265. The van der Waals surface area contributed by atoms with Crippen LogP contribution in [-0.4, -0.2) is 30.4 Å². The van der Waals surface area contributed by atoms with E-state index in [0.717, 1.165) is 50.0 Å². The highest BCUT2D eigenvalue weighted by molar-refractivity contribution is 7.08. The summed E-state index contributed by atoms with van der Waals surface area (Å²) in [6, 6.07) is 29.8. The summed E-state index contributed by atoms with van der Waals surface area (Å²) >= 11 is 1.67. The maximum atomic E-state index is 13.4. The fourth-order valence-electron chi connectivity index (χ4n) is 6.08. The Balaban J connectivity index is 0.00000308. The summed E-state index contributed by atoms with van der Waals surface area (Å²) < 4.78 is 0. The third-order valence-electron chi connectivity index (χ3n) is 8.32. The van der Waals surface area contributed by atoms with Gasteiger partial charge in [-0.15, -0.1) is 0 Å². The Kier molecular flexibility index (Phi) is 7.26. The highest BCUT2D eigenvalue weighted by Crippen LogP contribution is 2.43. The summed E-state index contributed by atoms with van der Waals surface area (Å²) in [5.74, 6) is -0.00353. The largest absolute Gasteiger partial charge is 0.351 e. The van der Waals surface area contributed by atoms with E-state index in [0.29, 0.717) is 6.54 Å². The van der Waals surface area contributed by atoms with E-state index < -0.39 is 0 Å². The van der Waals surface area contributed by atoms with Crippen molar-refractivity contribution in [1.29, 1.82) is 0 Å². The molecule has 6 rings (SSSR count). The molecular weight excluding hydrogens is 484 g/mol. The first-order chi connectivity index (χ1) is 18.7. The molecule has 2 aliphatic rings. The topological polar surface area (TPSA) is 32.3 Å². The number of thiophene rings is 1. The van der Waals surface area contributed by atoms with Crippen LogP contribution in [0.3, 0.4) is 0 Å². The maximum absolute atomic E-state index is 13.4. The van der Waals surface area contributed by atoms with Crippen molar-refractivity contribution in [3.05, 3.63) is 124 Å². The van der Waals surface area contributed by atoms with Gasteiger partial charge in [0, 0.05) is 13.4 Å². The van der Waals surface area contributed by atoms with Gasteiger partial charge in [0.1, 0.15) is 0 Å². The molecule has 3 aromatic carbocycles. The van der Waals surface area contributed by atoms with Crippen LogP contribution in [0.25, 0.3) is 17.2 Å². The van der Waals surface area contributed by atoms with Gasteiger partial charge in [0.25, 0.3) is 0 Å². The normalized spacial score (nSPS) is 16.8. The number of fused-ring (bicyclic) bond motifs is 2. The number of piperidine rings is 1.